The first-order valence-corrected chi connectivity index (χ1v) is 7.26. The van der Waals surface area contributed by atoms with Gasteiger partial charge in [-0.1, -0.05) is 19.1 Å². The molecule has 0 aromatic carbocycles. The molecule has 1 aromatic heterocycles. The summed E-state index contributed by atoms with van der Waals surface area (Å²) in [7, 11) is 0. The number of hydrogen-bond donors (Lipinski definition) is 1. The molecule has 1 aliphatic carbocycles. The summed E-state index contributed by atoms with van der Waals surface area (Å²) in [6.45, 7) is 3.63. The van der Waals surface area contributed by atoms with Crippen molar-refractivity contribution in [1.82, 2.24) is 4.98 Å². The van der Waals surface area contributed by atoms with Gasteiger partial charge >= 0.3 is 0 Å². The monoisotopic (exact) mass is 279 g/mol. The van der Waals surface area contributed by atoms with Crippen molar-refractivity contribution in [1.29, 1.82) is 0 Å². The Labute approximate surface area is 120 Å². The zero-order valence-corrected chi connectivity index (χ0v) is 12.2. The molecule has 0 unspecified atom stereocenters. The highest BCUT2D eigenvalue weighted by molar-refractivity contribution is 7.80. The number of rotatable bonds is 8. The summed E-state index contributed by atoms with van der Waals surface area (Å²) in [5, 5.41) is 0. The molecule has 1 fully saturated rings. The summed E-state index contributed by atoms with van der Waals surface area (Å²) >= 11 is 4.97. The number of ether oxygens (including phenoxy) is 1. The Kier molecular flexibility index (Phi) is 4.96. The quantitative estimate of drug-likeness (QED) is 0.741. The van der Waals surface area contributed by atoms with Crippen molar-refractivity contribution in [3.8, 4) is 5.75 Å². The molecule has 104 valence electrons. The van der Waals surface area contributed by atoms with Gasteiger partial charge in [-0.3, -0.25) is 0 Å². The fraction of sp³-hybridized carbons (Fsp3) is 0.571. The van der Waals surface area contributed by atoms with E-state index in [0.29, 0.717) is 17.6 Å². The highest BCUT2D eigenvalue weighted by Gasteiger charge is 2.31. The lowest BCUT2D eigenvalue weighted by atomic mass is 10.3. The average Bonchev–Trinajstić information content (AvgIpc) is 3.22. The van der Waals surface area contributed by atoms with E-state index in [9.17, 15) is 0 Å². The van der Waals surface area contributed by atoms with Crippen LogP contribution in [0.25, 0.3) is 0 Å². The third-order valence-electron chi connectivity index (χ3n) is 3.07. The fourth-order valence-electron chi connectivity index (χ4n) is 2.00. The summed E-state index contributed by atoms with van der Waals surface area (Å²) in [5.74, 6) is 1.79. The second-order valence-corrected chi connectivity index (χ2v) is 5.34. The van der Waals surface area contributed by atoms with Gasteiger partial charge in [-0.2, -0.15) is 0 Å². The lowest BCUT2D eigenvalue weighted by Gasteiger charge is -2.25. The molecule has 0 aliphatic heterocycles. The molecule has 0 bridgehead atoms. The lowest BCUT2D eigenvalue weighted by Crippen LogP contribution is -2.30. The number of anilines is 1. The minimum Gasteiger partial charge on any atom is -0.490 e. The summed E-state index contributed by atoms with van der Waals surface area (Å²) < 4.78 is 5.78. The summed E-state index contributed by atoms with van der Waals surface area (Å²) in [4.78, 5) is 7.32. The Morgan fingerprint density at radius 1 is 1.58 bits per heavy atom. The third kappa shape index (κ3) is 4.06. The standard InChI is InChI=1S/C14H21N3OS/c1-2-10-18-12-4-3-8-16-14(12)17(11-5-6-11)9-7-13(15)19/h3-4,8,11H,2,5-7,9-10H2,1H3,(H2,15,19). The molecule has 4 nitrogen and oxygen atoms in total. The molecule has 0 amide bonds. The lowest BCUT2D eigenvalue weighted by molar-refractivity contribution is 0.316. The first kappa shape index (κ1) is 14.1. The number of nitrogens with two attached hydrogens (primary N) is 1. The van der Waals surface area contributed by atoms with Gasteiger partial charge in [-0.05, 0) is 31.4 Å². The van der Waals surface area contributed by atoms with E-state index in [0.717, 1.165) is 31.0 Å². The molecule has 0 saturated heterocycles. The zero-order chi connectivity index (χ0) is 13.7. The highest BCUT2D eigenvalue weighted by Crippen LogP contribution is 2.35. The van der Waals surface area contributed by atoms with Crippen molar-refractivity contribution in [2.75, 3.05) is 18.1 Å². The largest absolute Gasteiger partial charge is 0.490 e. The van der Waals surface area contributed by atoms with Crippen LogP contribution in [0.2, 0.25) is 0 Å². The Balaban J connectivity index is 2.13. The van der Waals surface area contributed by atoms with Crippen molar-refractivity contribution in [3.05, 3.63) is 18.3 Å². The first-order valence-electron chi connectivity index (χ1n) is 6.85. The minimum atomic E-state index is 0.553. The van der Waals surface area contributed by atoms with Crippen molar-refractivity contribution in [3.63, 3.8) is 0 Å². The van der Waals surface area contributed by atoms with Gasteiger partial charge in [0.15, 0.2) is 11.6 Å². The maximum atomic E-state index is 5.78. The molecule has 0 radical (unpaired) electrons. The van der Waals surface area contributed by atoms with Crippen molar-refractivity contribution >= 4 is 23.0 Å². The van der Waals surface area contributed by atoms with Crippen molar-refractivity contribution in [2.24, 2.45) is 5.73 Å². The number of pyridine rings is 1. The SMILES string of the molecule is CCCOc1cccnc1N(CCC(N)=S)C1CC1. The second kappa shape index (κ2) is 6.70. The summed E-state index contributed by atoms with van der Waals surface area (Å²) in [6, 6.07) is 4.45. The maximum Gasteiger partial charge on any atom is 0.171 e. The van der Waals surface area contributed by atoms with Crippen LogP contribution in [0.3, 0.4) is 0 Å². The fourth-order valence-corrected chi connectivity index (χ4v) is 2.09. The Bertz CT molecular complexity index is 434. The molecule has 0 atom stereocenters. The van der Waals surface area contributed by atoms with Crippen LogP contribution in [0.1, 0.15) is 32.6 Å². The number of aromatic nitrogens is 1. The molecule has 1 aliphatic rings. The van der Waals surface area contributed by atoms with Crippen LogP contribution in [0.5, 0.6) is 5.75 Å². The van der Waals surface area contributed by atoms with Gasteiger partial charge in [-0.15, -0.1) is 0 Å². The molecule has 1 heterocycles. The Morgan fingerprint density at radius 3 is 3.00 bits per heavy atom. The molecule has 19 heavy (non-hydrogen) atoms. The van der Waals surface area contributed by atoms with E-state index in [4.69, 9.17) is 22.7 Å². The second-order valence-electron chi connectivity index (χ2n) is 4.81. The van der Waals surface area contributed by atoms with E-state index in [1.807, 2.05) is 18.3 Å². The summed E-state index contributed by atoms with van der Waals surface area (Å²) in [6.07, 6.45) is 5.94. The topological polar surface area (TPSA) is 51.4 Å². The zero-order valence-electron chi connectivity index (χ0n) is 11.3. The summed E-state index contributed by atoms with van der Waals surface area (Å²) in [5.41, 5.74) is 5.61. The van der Waals surface area contributed by atoms with E-state index in [-0.39, 0.29) is 0 Å². The molecular formula is C14H21N3OS. The van der Waals surface area contributed by atoms with E-state index in [2.05, 4.69) is 16.8 Å². The third-order valence-corrected chi connectivity index (χ3v) is 3.28. The van der Waals surface area contributed by atoms with Crippen molar-refractivity contribution in [2.45, 2.75) is 38.6 Å². The smallest absolute Gasteiger partial charge is 0.171 e. The molecule has 1 aromatic rings. The van der Waals surface area contributed by atoms with Gasteiger partial charge in [0.05, 0.1) is 11.6 Å². The molecule has 1 saturated carbocycles. The van der Waals surface area contributed by atoms with Gasteiger partial charge < -0.3 is 15.4 Å². The number of thiocarbonyl (C=S) groups is 1. The van der Waals surface area contributed by atoms with E-state index in [1.54, 1.807) is 0 Å². The van der Waals surface area contributed by atoms with Crippen LogP contribution < -0.4 is 15.4 Å². The van der Waals surface area contributed by atoms with Crippen LogP contribution in [0, 0.1) is 0 Å². The highest BCUT2D eigenvalue weighted by atomic mass is 32.1. The van der Waals surface area contributed by atoms with Crippen LogP contribution >= 0.6 is 12.2 Å². The van der Waals surface area contributed by atoms with Crippen LogP contribution in [0.4, 0.5) is 5.82 Å². The predicted molar refractivity (Wildman–Crippen MR) is 81.8 cm³/mol. The minimum absolute atomic E-state index is 0.553. The van der Waals surface area contributed by atoms with E-state index in [1.165, 1.54) is 12.8 Å². The normalized spacial score (nSPS) is 14.2. The molecule has 5 heteroatoms. The molecular weight excluding hydrogens is 258 g/mol. The van der Waals surface area contributed by atoms with Gasteiger partial charge in [0, 0.05) is 25.2 Å². The molecule has 0 spiro atoms. The van der Waals surface area contributed by atoms with Crippen LogP contribution in [-0.4, -0.2) is 29.2 Å². The number of hydrogen-bond acceptors (Lipinski definition) is 4. The van der Waals surface area contributed by atoms with Gasteiger partial charge in [-0.25, -0.2) is 4.98 Å². The maximum absolute atomic E-state index is 5.78. The Morgan fingerprint density at radius 2 is 2.37 bits per heavy atom. The predicted octanol–water partition coefficient (Wildman–Crippen LogP) is 2.52. The first-order chi connectivity index (χ1) is 9.22. The van der Waals surface area contributed by atoms with Gasteiger partial charge in [0.25, 0.3) is 0 Å². The van der Waals surface area contributed by atoms with Crippen LogP contribution in [0.15, 0.2) is 18.3 Å². The van der Waals surface area contributed by atoms with Gasteiger partial charge in [0.1, 0.15) is 0 Å². The van der Waals surface area contributed by atoms with E-state index >= 15 is 0 Å². The average molecular weight is 279 g/mol. The van der Waals surface area contributed by atoms with Gasteiger partial charge in [0.2, 0.25) is 0 Å². The Hall–Kier alpha value is -1.36. The van der Waals surface area contributed by atoms with E-state index < -0.39 is 0 Å². The number of nitrogens with zero attached hydrogens (tertiary/aromatic N) is 2. The molecule has 2 N–H and O–H groups in total. The van der Waals surface area contributed by atoms with Crippen molar-refractivity contribution < 1.29 is 4.74 Å². The van der Waals surface area contributed by atoms with Crippen LogP contribution in [-0.2, 0) is 0 Å². The molecule has 2 rings (SSSR count).